The summed E-state index contributed by atoms with van der Waals surface area (Å²) in [5, 5.41) is 0. The molecule has 0 radical (unpaired) electrons. The first-order valence-electron chi connectivity index (χ1n) is 14.2. The minimum atomic E-state index is 0.0771. The molecule has 0 bridgehead atoms. The van der Waals surface area contributed by atoms with Crippen LogP contribution in [0.25, 0.3) is 0 Å². The quantitative estimate of drug-likeness (QED) is 0.185. The molecule has 3 rings (SSSR count). The largest absolute Gasteiger partial charge is 0.489 e. The Kier molecular flexibility index (Phi) is 11.2. The third-order valence-corrected chi connectivity index (χ3v) is 8.04. The second-order valence-electron chi connectivity index (χ2n) is 11.3. The fraction of sp³-hybridized carbons (Fsp3) is 0.576. The highest BCUT2D eigenvalue weighted by Gasteiger charge is 2.33. The van der Waals surface area contributed by atoms with Crippen molar-refractivity contribution in [1.82, 2.24) is 0 Å². The van der Waals surface area contributed by atoms with Crippen LogP contribution in [0.4, 0.5) is 0 Å². The molecule has 0 saturated heterocycles. The highest BCUT2D eigenvalue weighted by Crippen LogP contribution is 2.44. The van der Waals surface area contributed by atoms with E-state index in [4.69, 9.17) is 4.74 Å². The predicted molar refractivity (Wildman–Crippen MR) is 149 cm³/mol. The Balaban J connectivity index is 1.87. The van der Waals surface area contributed by atoms with Crippen LogP contribution in [0.5, 0.6) is 5.75 Å². The molecule has 2 aromatic carbocycles. The standard InChI is InChI=1S/C33H46O3/c1-4-5-6-12-21-33(2,3)28-18-20-30(32(23-28)36-25-26-14-9-7-10-15-26)31-24-29(35)19-17-27(31)16-11-8-13-22-34/h7,9-10,14-15,18,20,22-23,27,31H,4-6,8,11-13,16-17,19,21,24-25H2,1-3H3/t27-,31-/m1/s1. The lowest BCUT2D eigenvalue weighted by Crippen LogP contribution is -2.24. The Bertz CT molecular complexity index is 947. The molecular weight excluding hydrogens is 444 g/mol. The molecule has 1 saturated carbocycles. The minimum absolute atomic E-state index is 0.0771. The lowest BCUT2D eigenvalue weighted by atomic mass is 9.71. The van der Waals surface area contributed by atoms with Crippen molar-refractivity contribution in [2.45, 2.75) is 116 Å². The Labute approximate surface area is 219 Å². The van der Waals surface area contributed by atoms with E-state index in [-0.39, 0.29) is 11.3 Å². The summed E-state index contributed by atoms with van der Waals surface area (Å²) in [4.78, 5) is 23.3. The van der Waals surface area contributed by atoms with Crippen LogP contribution < -0.4 is 4.74 Å². The Hall–Kier alpha value is -2.42. The molecule has 196 valence electrons. The van der Waals surface area contributed by atoms with Gasteiger partial charge in [0.2, 0.25) is 0 Å². The average Bonchev–Trinajstić information content (AvgIpc) is 2.89. The zero-order valence-electron chi connectivity index (χ0n) is 22.8. The predicted octanol–water partition coefficient (Wildman–Crippen LogP) is 8.73. The number of ether oxygens (including phenoxy) is 1. The molecule has 1 fully saturated rings. The monoisotopic (exact) mass is 490 g/mol. The van der Waals surface area contributed by atoms with Crippen LogP contribution in [0.3, 0.4) is 0 Å². The van der Waals surface area contributed by atoms with Crippen LogP contribution in [0, 0.1) is 5.92 Å². The van der Waals surface area contributed by atoms with Gasteiger partial charge in [-0.05, 0) is 65.7 Å². The SMILES string of the molecule is CCCCCCC(C)(C)c1ccc([C@@H]2CC(=O)CC[C@H]2CCCCC=O)c(OCc2ccccc2)c1. The van der Waals surface area contributed by atoms with Crippen molar-refractivity contribution < 1.29 is 14.3 Å². The van der Waals surface area contributed by atoms with Gasteiger partial charge in [-0.1, -0.05) is 95.3 Å². The molecule has 0 heterocycles. The van der Waals surface area contributed by atoms with E-state index in [2.05, 4.69) is 51.1 Å². The van der Waals surface area contributed by atoms with Crippen LogP contribution in [-0.2, 0) is 21.6 Å². The second kappa shape index (κ2) is 14.4. The van der Waals surface area contributed by atoms with Crippen molar-refractivity contribution in [3.8, 4) is 5.75 Å². The summed E-state index contributed by atoms with van der Waals surface area (Å²) in [7, 11) is 0. The third-order valence-electron chi connectivity index (χ3n) is 8.04. The van der Waals surface area contributed by atoms with E-state index < -0.39 is 0 Å². The molecule has 0 unspecified atom stereocenters. The number of carbonyl (C=O) groups is 2. The van der Waals surface area contributed by atoms with Crippen molar-refractivity contribution in [2.24, 2.45) is 5.92 Å². The first-order chi connectivity index (χ1) is 17.4. The van der Waals surface area contributed by atoms with Gasteiger partial charge in [-0.2, -0.15) is 0 Å². The summed E-state index contributed by atoms with van der Waals surface area (Å²) in [5.41, 5.74) is 3.73. The molecule has 0 aromatic heterocycles. The van der Waals surface area contributed by atoms with Crippen molar-refractivity contribution in [1.29, 1.82) is 0 Å². The van der Waals surface area contributed by atoms with E-state index in [1.54, 1.807) is 0 Å². The number of ketones is 1. The third kappa shape index (κ3) is 8.32. The number of unbranched alkanes of at least 4 members (excludes halogenated alkanes) is 5. The molecule has 0 aliphatic heterocycles. The fourth-order valence-electron chi connectivity index (χ4n) is 5.67. The molecule has 2 aromatic rings. The number of hydrogen-bond acceptors (Lipinski definition) is 3. The molecule has 1 aliphatic carbocycles. The van der Waals surface area contributed by atoms with Gasteiger partial charge in [0.05, 0.1) is 0 Å². The Morgan fingerprint density at radius 3 is 2.56 bits per heavy atom. The van der Waals surface area contributed by atoms with E-state index in [0.29, 0.717) is 37.6 Å². The van der Waals surface area contributed by atoms with Gasteiger partial charge in [0, 0.05) is 19.3 Å². The number of hydrogen-bond donors (Lipinski definition) is 0. The number of aldehydes is 1. The highest BCUT2D eigenvalue weighted by molar-refractivity contribution is 5.80. The zero-order valence-corrected chi connectivity index (χ0v) is 22.8. The van der Waals surface area contributed by atoms with Crippen LogP contribution in [0.1, 0.15) is 120 Å². The van der Waals surface area contributed by atoms with Crippen molar-refractivity contribution in [3.63, 3.8) is 0 Å². The fourth-order valence-corrected chi connectivity index (χ4v) is 5.67. The topological polar surface area (TPSA) is 43.4 Å². The molecule has 0 spiro atoms. The van der Waals surface area contributed by atoms with E-state index in [0.717, 1.165) is 49.7 Å². The minimum Gasteiger partial charge on any atom is -0.489 e. The number of carbonyl (C=O) groups excluding carboxylic acids is 2. The normalized spacial score (nSPS) is 18.2. The number of rotatable bonds is 15. The molecule has 36 heavy (non-hydrogen) atoms. The van der Waals surface area contributed by atoms with E-state index in [1.165, 1.54) is 36.8 Å². The molecule has 0 N–H and O–H groups in total. The Morgan fingerprint density at radius 2 is 1.81 bits per heavy atom. The summed E-state index contributed by atoms with van der Waals surface area (Å²) >= 11 is 0. The van der Waals surface area contributed by atoms with Crippen LogP contribution in [-0.4, -0.2) is 12.1 Å². The molecule has 2 atom stereocenters. The van der Waals surface area contributed by atoms with Crippen LogP contribution in [0.15, 0.2) is 48.5 Å². The van der Waals surface area contributed by atoms with Gasteiger partial charge in [0.15, 0.2) is 0 Å². The first-order valence-corrected chi connectivity index (χ1v) is 14.2. The molecular formula is C33H46O3. The second-order valence-corrected chi connectivity index (χ2v) is 11.3. The molecule has 3 heteroatoms. The van der Waals surface area contributed by atoms with E-state index in [1.807, 2.05) is 18.2 Å². The van der Waals surface area contributed by atoms with Gasteiger partial charge in [0.25, 0.3) is 0 Å². The smallest absolute Gasteiger partial charge is 0.133 e. The van der Waals surface area contributed by atoms with Gasteiger partial charge in [-0.15, -0.1) is 0 Å². The maximum absolute atomic E-state index is 12.6. The summed E-state index contributed by atoms with van der Waals surface area (Å²) in [6, 6.07) is 17.1. The summed E-state index contributed by atoms with van der Waals surface area (Å²) < 4.78 is 6.52. The lowest BCUT2D eigenvalue weighted by Gasteiger charge is -2.33. The maximum Gasteiger partial charge on any atom is 0.133 e. The highest BCUT2D eigenvalue weighted by atomic mass is 16.5. The average molecular weight is 491 g/mol. The first kappa shape index (κ1) is 28.2. The molecule has 0 amide bonds. The van der Waals surface area contributed by atoms with Gasteiger partial charge in [-0.3, -0.25) is 4.79 Å². The maximum atomic E-state index is 12.6. The van der Waals surface area contributed by atoms with E-state index >= 15 is 0 Å². The van der Waals surface area contributed by atoms with Crippen molar-refractivity contribution in [3.05, 3.63) is 65.2 Å². The molecule has 1 aliphatic rings. The zero-order chi connectivity index (χ0) is 25.8. The summed E-state index contributed by atoms with van der Waals surface area (Å²) in [6.45, 7) is 7.47. The number of Topliss-reactive ketones (excluding diaryl/α,β-unsaturated/α-hetero) is 1. The van der Waals surface area contributed by atoms with Gasteiger partial charge in [-0.25, -0.2) is 0 Å². The summed E-state index contributed by atoms with van der Waals surface area (Å²) in [5.74, 6) is 1.95. The van der Waals surface area contributed by atoms with Crippen molar-refractivity contribution >= 4 is 12.1 Å². The lowest BCUT2D eigenvalue weighted by molar-refractivity contribution is -0.121. The van der Waals surface area contributed by atoms with Crippen molar-refractivity contribution in [2.75, 3.05) is 0 Å². The van der Waals surface area contributed by atoms with Gasteiger partial charge >= 0.3 is 0 Å². The summed E-state index contributed by atoms with van der Waals surface area (Å²) in [6.07, 6.45) is 13.1. The van der Waals surface area contributed by atoms with E-state index in [9.17, 15) is 9.59 Å². The van der Waals surface area contributed by atoms with Crippen LogP contribution >= 0.6 is 0 Å². The van der Waals surface area contributed by atoms with Gasteiger partial charge in [0.1, 0.15) is 24.4 Å². The Morgan fingerprint density at radius 1 is 1.00 bits per heavy atom. The number of benzene rings is 2. The van der Waals surface area contributed by atoms with Gasteiger partial charge < -0.3 is 9.53 Å². The van der Waals surface area contributed by atoms with Crippen LogP contribution in [0.2, 0.25) is 0 Å². The molecule has 3 nitrogen and oxygen atoms in total.